The van der Waals surface area contributed by atoms with Gasteiger partial charge in [-0.1, -0.05) is 0 Å². The molecule has 6 fully saturated rings. The van der Waals surface area contributed by atoms with Crippen LogP contribution in [0.15, 0.2) is 0 Å². The van der Waals surface area contributed by atoms with Gasteiger partial charge in [0.2, 0.25) is 11.8 Å². The van der Waals surface area contributed by atoms with E-state index in [1.807, 2.05) is 0 Å². The summed E-state index contributed by atoms with van der Waals surface area (Å²) in [5, 5.41) is 187. The Balaban J connectivity index is 1.38. The first-order valence-electron chi connectivity index (χ1n) is 23.0. The van der Waals surface area contributed by atoms with Gasteiger partial charge in [-0.05, 0) is 6.92 Å². The first kappa shape index (κ1) is 59.1. The number of nitrogens with one attached hydrogen (secondary N) is 2. The third-order valence-corrected chi connectivity index (χ3v) is 13.2. The van der Waals surface area contributed by atoms with Crippen LogP contribution in [0.5, 0.6) is 0 Å². The van der Waals surface area contributed by atoms with E-state index in [0.29, 0.717) is 0 Å². The van der Waals surface area contributed by atoms with Crippen molar-refractivity contribution in [3.8, 4) is 0 Å². The number of amides is 2. The van der Waals surface area contributed by atoms with Gasteiger partial charge in [0, 0.05) is 13.8 Å². The second-order valence-corrected chi connectivity index (χ2v) is 18.3. The summed E-state index contributed by atoms with van der Waals surface area (Å²) >= 11 is 0. The van der Waals surface area contributed by atoms with Gasteiger partial charge in [0.1, 0.15) is 140 Å². The normalized spacial score (nSPS) is 50.3. The van der Waals surface area contributed by atoms with Gasteiger partial charge in [0.15, 0.2) is 37.7 Å². The van der Waals surface area contributed by atoms with Gasteiger partial charge < -0.3 is 150 Å². The molecule has 30 atom stereocenters. The van der Waals surface area contributed by atoms with Crippen molar-refractivity contribution in [2.45, 2.75) is 205 Å². The zero-order valence-corrected chi connectivity index (χ0v) is 38.8. The van der Waals surface area contributed by atoms with Crippen LogP contribution in [0.2, 0.25) is 0 Å². The number of aliphatic hydroxyl groups excluding tert-OH is 17. The highest BCUT2D eigenvalue weighted by molar-refractivity contribution is 5.73. The number of hydrogen-bond donors (Lipinski definition) is 19. The molecule has 0 aromatic carbocycles. The molecule has 0 spiro atoms. The summed E-state index contributed by atoms with van der Waals surface area (Å²) in [4.78, 5) is 25.3. The van der Waals surface area contributed by atoms with Crippen LogP contribution in [0.1, 0.15) is 20.8 Å². The Morgan fingerprint density at radius 3 is 1.35 bits per heavy atom. The fourth-order valence-electron chi connectivity index (χ4n) is 9.15. The number of rotatable bonds is 17. The van der Waals surface area contributed by atoms with Gasteiger partial charge in [0.05, 0.1) is 39.1 Å². The van der Waals surface area contributed by atoms with Crippen LogP contribution in [0, 0.1) is 0 Å². The van der Waals surface area contributed by atoms with E-state index in [4.69, 9.17) is 52.1 Å². The number of carbonyl (C=O) groups is 2. The molecule has 0 bridgehead atoms. The van der Waals surface area contributed by atoms with Crippen molar-refractivity contribution in [3.63, 3.8) is 0 Å². The van der Waals surface area contributed by atoms with Crippen LogP contribution in [0.4, 0.5) is 0 Å². The minimum absolute atomic E-state index is 0.785. The molecule has 1 unspecified atom stereocenters. The Labute approximate surface area is 408 Å². The summed E-state index contributed by atoms with van der Waals surface area (Å²) in [6.07, 6.45) is -53.0. The zero-order valence-electron chi connectivity index (χ0n) is 38.8. The van der Waals surface area contributed by atoms with Crippen molar-refractivity contribution in [2.75, 3.05) is 33.0 Å². The molecule has 6 aliphatic rings. The van der Waals surface area contributed by atoms with Crippen LogP contribution in [0.3, 0.4) is 0 Å². The number of hydrogen-bond acceptors (Lipinski definition) is 30. The molecule has 418 valence electrons. The van der Waals surface area contributed by atoms with E-state index in [1.165, 1.54) is 6.92 Å². The molecule has 32 nitrogen and oxygen atoms in total. The Kier molecular flexibility index (Phi) is 20.8. The van der Waals surface area contributed by atoms with E-state index in [2.05, 4.69) is 10.6 Å². The maximum absolute atomic E-state index is 13.1. The maximum atomic E-state index is 13.1. The molecule has 6 aliphatic heterocycles. The predicted octanol–water partition coefficient (Wildman–Crippen LogP) is -12.8. The molecule has 19 N–H and O–H groups in total. The van der Waals surface area contributed by atoms with Gasteiger partial charge in [-0.3, -0.25) is 9.59 Å². The Bertz CT molecular complexity index is 1730. The molecular formula is C40H68N2O30. The summed E-state index contributed by atoms with van der Waals surface area (Å²) in [6, 6.07) is -3.51. The van der Waals surface area contributed by atoms with Crippen molar-refractivity contribution in [2.24, 2.45) is 0 Å². The van der Waals surface area contributed by atoms with Crippen molar-refractivity contribution >= 4 is 11.8 Å². The molecule has 0 radical (unpaired) electrons. The van der Waals surface area contributed by atoms with E-state index >= 15 is 0 Å². The molecule has 2 amide bonds. The predicted molar refractivity (Wildman–Crippen MR) is 221 cm³/mol. The van der Waals surface area contributed by atoms with E-state index in [9.17, 15) is 96.4 Å². The first-order chi connectivity index (χ1) is 34.0. The highest BCUT2D eigenvalue weighted by atomic mass is 16.8. The van der Waals surface area contributed by atoms with Gasteiger partial charge >= 0.3 is 0 Å². The summed E-state index contributed by atoms with van der Waals surface area (Å²) in [6.45, 7) is -1.39. The molecule has 32 heteroatoms. The second-order valence-electron chi connectivity index (χ2n) is 18.3. The summed E-state index contributed by atoms with van der Waals surface area (Å²) in [7, 11) is 0. The maximum Gasteiger partial charge on any atom is 0.217 e. The van der Waals surface area contributed by atoms with Crippen LogP contribution >= 0.6 is 0 Å². The molecular weight excluding hydrogens is 988 g/mol. The fraction of sp³-hybridized carbons (Fsp3) is 0.950. The van der Waals surface area contributed by atoms with Gasteiger partial charge in [0.25, 0.3) is 0 Å². The molecule has 72 heavy (non-hydrogen) atoms. The average Bonchev–Trinajstić information content (AvgIpc) is 3.34. The average molecular weight is 1060 g/mol. The summed E-state index contributed by atoms with van der Waals surface area (Å²) in [5.74, 6) is -1.68. The van der Waals surface area contributed by atoms with Crippen LogP contribution in [-0.2, 0) is 61.7 Å². The minimum Gasteiger partial charge on any atom is -0.394 e. The Morgan fingerprint density at radius 2 is 0.792 bits per heavy atom. The quantitative estimate of drug-likeness (QED) is 0.0643. The number of carbonyl (C=O) groups excluding carboxylic acids is 2. The lowest BCUT2D eigenvalue weighted by Crippen LogP contribution is -2.71. The Morgan fingerprint density at radius 1 is 0.389 bits per heavy atom. The van der Waals surface area contributed by atoms with Crippen molar-refractivity contribution in [1.82, 2.24) is 10.6 Å². The molecule has 0 aromatic rings. The first-order valence-corrected chi connectivity index (χ1v) is 23.0. The number of aliphatic hydroxyl groups is 17. The second kappa shape index (κ2) is 25.3. The molecule has 0 saturated carbocycles. The zero-order chi connectivity index (χ0) is 53.2. The smallest absolute Gasteiger partial charge is 0.217 e. The lowest BCUT2D eigenvalue weighted by Gasteiger charge is -2.52. The van der Waals surface area contributed by atoms with E-state index in [1.54, 1.807) is 0 Å². The third-order valence-electron chi connectivity index (χ3n) is 13.2. The van der Waals surface area contributed by atoms with Crippen LogP contribution in [-0.4, -0.2) is 316 Å². The summed E-state index contributed by atoms with van der Waals surface area (Å²) < 4.78 is 63.8. The van der Waals surface area contributed by atoms with Crippen LogP contribution in [0.25, 0.3) is 0 Å². The van der Waals surface area contributed by atoms with E-state index in [-0.39, 0.29) is 0 Å². The van der Waals surface area contributed by atoms with Gasteiger partial charge in [-0.2, -0.15) is 0 Å². The Hall–Kier alpha value is -2.18. The van der Waals surface area contributed by atoms with Crippen LogP contribution < -0.4 is 10.6 Å². The lowest BCUT2D eigenvalue weighted by molar-refractivity contribution is -0.391. The third kappa shape index (κ3) is 12.6. The van der Waals surface area contributed by atoms with Crippen molar-refractivity contribution < 1.29 is 149 Å². The lowest BCUT2D eigenvalue weighted by atomic mass is 9.93. The molecule has 0 aliphatic carbocycles. The SMILES string of the molecule is CC(=O)N[C@H]1[C@H](O[C@H]2[C@@H](O)[C@@H](CO[C@@H]3O[C@H](CO)[C@H](O)[C@H](O)[C@H]3O)O[C@@H](O[C@H]3[C@@H](O)[C@@H](CO)OC(O)[C@@H]3NC(C)=O)[C@@H]2O)O[C@H](CO)[C@@H](O[C@@H]2O[C@H](CO)[C@H](O)[C@H](O)[C@H]2O)[C@@H]1O[C@@H]1O[C@@H](C)[C@@H](O)[C@@H](O)[C@@H]1O. The molecule has 0 aromatic heterocycles. The van der Waals surface area contributed by atoms with E-state index < -0.39 is 229 Å². The topological polar surface area (TPSA) is 504 Å². The number of ether oxygens (including phenoxy) is 11. The highest BCUT2D eigenvalue weighted by Crippen LogP contribution is 2.37. The monoisotopic (exact) mass is 1060 g/mol. The minimum atomic E-state index is -2.29. The van der Waals surface area contributed by atoms with Gasteiger partial charge in [-0.25, -0.2) is 0 Å². The molecule has 6 saturated heterocycles. The largest absolute Gasteiger partial charge is 0.394 e. The van der Waals surface area contributed by atoms with Gasteiger partial charge in [-0.15, -0.1) is 0 Å². The fourth-order valence-corrected chi connectivity index (χ4v) is 9.15. The van der Waals surface area contributed by atoms with Crippen molar-refractivity contribution in [3.05, 3.63) is 0 Å². The standard InChI is InChI=1S/C40H68N2O30/c1-9-19(49)24(54)28(58)38(63-9)71-33-18(42-11(3)48)36(67-15(7-46)31(33)69-39-29(59)26(56)21(51)13(5-44)66-39)72-34-23(53)16(8-62-37-27(57)25(55)20(50)12(4-43)65-37)68-40(30(34)60)70-32-17(41-10(2)47)35(61)64-14(6-45)22(32)52/h9,12-40,43-46,49-61H,4-8H2,1-3H3,(H,41,47)(H,42,48)/t9-,12+,13+,14+,15+,16+,17+,18+,19+,20-,21-,22-,23-,24+,25-,26-,27+,28-,29+,30+,31+,32+,33+,34-,35?,36-,37+,38-,39-,40-/m0/s1. The molecule has 6 heterocycles. The summed E-state index contributed by atoms with van der Waals surface area (Å²) in [5.41, 5.74) is 0. The van der Waals surface area contributed by atoms with Crippen molar-refractivity contribution in [1.29, 1.82) is 0 Å². The highest BCUT2D eigenvalue weighted by Gasteiger charge is 2.58. The molecule has 6 rings (SSSR count). The van der Waals surface area contributed by atoms with E-state index in [0.717, 1.165) is 13.8 Å².